The first-order chi connectivity index (χ1) is 12.4. The summed E-state index contributed by atoms with van der Waals surface area (Å²) in [6.45, 7) is 3.52. The third-order valence-corrected chi connectivity index (χ3v) is 4.95. The van der Waals surface area contributed by atoms with Gasteiger partial charge in [-0.3, -0.25) is 0 Å². The summed E-state index contributed by atoms with van der Waals surface area (Å²) in [7, 11) is 0. The van der Waals surface area contributed by atoms with Crippen LogP contribution in [0.1, 0.15) is 22.3 Å². The van der Waals surface area contributed by atoms with Crippen LogP contribution in [0.25, 0.3) is 0 Å². The van der Waals surface area contributed by atoms with E-state index in [9.17, 15) is 8.78 Å². The topological polar surface area (TPSA) is 12.0 Å². The Kier molecular flexibility index (Phi) is 5.35. The fraction of sp³-hybridized carbons (Fsp3) is 0.0952. The molecule has 0 spiro atoms. The number of hydrogen-bond donors (Lipinski definition) is 1. The van der Waals surface area contributed by atoms with E-state index in [1.54, 1.807) is 37.3 Å². The van der Waals surface area contributed by atoms with Gasteiger partial charge in [0.1, 0.15) is 11.6 Å². The fourth-order valence-corrected chi connectivity index (χ4v) is 3.43. The first-order valence-corrected chi connectivity index (χ1v) is 8.78. The molecule has 0 heterocycles. The highest BCUT2D eigenvalue weighted by Crippen LogP contribution is 2.28. The molecule has 0 amide bonds. The summed E-state index contributed by atoms with van der Waals surface area (Å²) in [6.07, 6.45) is 0. The highest BCUT2D eigenvalue weighted by atomic mass is 35.5. The molecule has 0 aliphatic carbocycles. The summed E-state index contributed by atoms with van der Waals surface area (Å²) in [5, 5.41) is 3.67. The highest BCUT2D eigenvalue weighted by molar-refractivity contribution is 7.81. The Morgan fingerprint density at radius 1 is 0.962 bits per heavy atom. The lowest BCUT2D eigenvalue weighted by Crippen LogP contribution is -2.05. The van der Waals surface area contributed by atoms with Gasteiger partial charge in [-0.05, 0) is 73.0 Å². The molecule has 0 fully saturated rings. The largest absolute Gasteiger partial charge is 0.355 e. The summed E-state index contributed by atoms with van der Waals surface area (Å²) in [5.41, 5.74) is 4.15. The zero-order valence-corrected chi connectivity index (χ0v) is 15.8. The van der Waals surface area contributed by atoms with E-state index in [4.69, 9.17) is 23.8 Å². The van der Waals surface area contributed by atoms with Crippen LogP contribution in [0.2, 0.25) is 5.02 Å². The van der Waals surface area contributed by atoms with Gasteiger partial charge in [0.05, 0.1) is 9.89 Å². The van der Waals surface area contributed by atoms with Crippen LogP contribution in [-0.2, 0) is 0 Å². The van der Waals surface area contributed by atoms with Gasteiger partial charge < -0.3 is 5.32 Å². The van der Waals surface area contributed by atoms with E-state index in [1.807, 2.05) is 13.0 Å². The van der Waals surface area contributed by atoms with E-state index in [0.29, 0.717) is 26.6 Å². The second kappa shape index (κ2) is 7.52. The van der Waals surface area contributed by atoms with Gasteiger partial charge in [0, 0.05) is 16.9 Å². The maximum Gasteiger partial charge on any atom is 0.126 e. The quantitative estimate of drug-likeness (QED) is 0.392. The lowest BCUT2D eigenvalue weighted by Gasteiger charge is -2.13. The molecule has 3 aromatic rings. The molecule has 3 rings (SSSR count). The number of anilines is 2. The van der Waals surface area contributed by atoms with Gasteiger partial charge in [0.2, 0.25) is 0 Å². The monoisotopic (exact) mass is 387 g/mol. The molecule has 0 saturated heterocycles. The molecule has 26 heavy (non-hydrogen) atoms. The molecule has 0 aromatic heterocycles. The van der Waals surface area contributed by atoms with E-state index >= 15 is 0 Å². The van der Waals surface area contributed by atoms with Gasteiger partial charge in [-0.2, -0.15) is 0 Å². The minimum Gasteiger partial charge on any atom is -0.355 e. The summed E-state index contributed by atoms with van der Waals surface area (Å²) < 4.78 is 27.0. The third kappa shape index (κ3) is 3.76. The predicted octanol–water partition coefficient (Wildman–Crippen LogP) is 6.74. The minimum absolute atomic E-state index is 0.280. The standard InChI is InChI=1S/C21H16ClF2NS/c1-12-10-14(23)6-9-20(12)25-15-7-8-17(18(22)11-15)21(26)16-4-3-5-19(24)13(16)2/h3-11,25H,1-2H3. The third-order valence-electron chi connectivity index (χ3n) is 4.19. The van der Waals surface area contributed by atoms with Crippen LogP contribution in [0.4, 0.5) is 20.2 Å². The Bertz CT molecular complexity index is 1000. The van der Waals surface area contributed by atoms with Gasteiger partial charge in [0.25, 0.3) is 0 Å². The molecule has 5 heteroatoms. The molecule has 1 nitrogen and oxygen atoms in total. The maximum atomic E-state index is 13.8. The molecular weight excluding hydrogens is 372 g/mol. The minimum atomic E-state index is -0.300. The van der Waals surface area contributed by atoms with Crippen molar-refractivity contribution in [2.24, 2.45) is 0 Å². The van der Waals surface area contributed by atoms with Crippen molar-refractivity contribution in [3.63, 3.8) is 0 Å². The van der Waals surface area contributed by atoms with Crippen molar-refractivity contribution in [2.45, 2.75) is 13.8 Å². The number of benzene rings is 3. The SMILES string of the molecule is Cc1cc(F)ccc1Nc1ccc(C(=S)c2cccc(F)c2C)c(Cl)c1. The number of hydrogen-bond acceptors (Lipinski definition) is 2. The zero-order chi connectivity index (χ0) is 18.8. The van der Waals surface area contributed by atoms with Crippen LogP contribution in [-0.4, -0.2) is 4.86 Å². The summed E-state index contributed by atoms with van der Waals surface area (Å²) in [6, 6.07) is 14.7. The molecule has 0 bridgehead atoms. The number of nitrogens with one attached hydrogen (secondary N) is 1. The number of thiocarbonyl (C=S) groups is 1. The van der Waals surface area contributed by atoms with Crippen molar-refractivity contribution in [2.75, 3.05) is 5.32 Å². The van der Waals surface area contributed by atoms with E-state index in [-0.39, 0.29) is 11.6 Å². The average Bonchev–Trinajstić information content (AvgIpc) is 2.59. The van der Waals surface area contributed by atoms with Gasteiger partial charge >= 0.3 is 0 Å². The number of rotatable bonds is 4. The molecule has 0 aliphatic rings. The normalized spacial score (nSPS) is 10.7. The van der Waals surface area contributed by atoms with Gasteiger partial charge in [0.15, 0.2) is 0 Å². The van der Waals surface area contributed by atoms with Crippen molar-refractivity contribution < 1.29 is 8.78 Å². The smallest absolute Gasteiger partial charge is 0.126 e. The molecule has 0 saturated carbocycles. The van der Waals surface area contributed by atoms with E-state index in [1.165, 1.54) is 18.2 Å². The van der Waals surface area contributed by atoms with Gasteiger partial charge in [-0.15, -0.1) is 0 Å². The van der Waals surface area contributed by atoms with Crippen LogP contribution in [0, 0.1) is 25.5 Å². The second-order valence-corrected chi connectivity index (χ2v) is 6.84. The van der Waals surface area contributed by atoms with Crippen LogP contribution in [0.3, 0.4) is 0 Å². The van der Waals surface area contributed by atoms with E-state index in [2.05, 4.69) is 5.32 Å². The fourth-order valence-electron chi connectivity index (χ4n) is 2.70. The molecule has 132 valence electrons. The molecule has 0 unspecified atom stereocenters. The van der Waals surface area contributed by atoms with Gasteiger partial charge in [-0.25, -0.2) is 8.78 Å². The lowest BCUT2D eigenvalue weighted by atomic mass is 9.99. The Morgan fingerprint density at radius 3 is 2.42 bits per heavy atom. The highest BCUT2D eigenvalue weighted by Gasteiger charge is 2.14. The second-order valence-electron chi connectivity index (χ2n) is 6.02. The first kappa shape index (κ1) is 18.5. The van der Waals surface area contributed by atoms with Crippen molar-refractivity contribution in [3.05, 3.63) is 93.5 Å². The lowest BCUT2D eigenvalue weighted by molar-refractivity contribution is 0.618. The predicted molar refractivity (Wildman–Crippen MR) is 108 cm³/mol. The van der Waals surface area contributed by atoms with Crippen LogP contribution >= 0.6 is 23.8 Å². The molecule has 0 atom stereocenters. The van der Waals surface area contributed by atoms with Crippen molar-refractivity contribution >= 4 is 40.1 Å². The molecule has 3 aromatic carbocycles. The van der Waals surface area contributed by atoms with Gasteiger partial charge in [-0.1, -0.05) is 36.0 Å². The van der Waals surface area contributed by atoms with Crippen LogP contribution in [0.15, 0.2) is 54.6 Å². The molecular formula is C21H16ClF2NS. The molecule has 1 N–H and O–H groups in total. The first-order valence-electron chi connectivity index (χ1n) is 7.99. The molecule has 0 radical (unpaired) electrons. The number of halogens is 3. The summed E-state index contributed by atoms with van der Waals surface area (Å²) in [4.78, 5) is 0.497. The Hall–Kier alpha value is -2.30. The summed E-state index contributed by atoms with van der Waals surface area (Å²) in [5.74, 6) is -0.580. The van der Waals surface area contributed by atoms with Crippen molar-refractivity contribution in [1.29, 1.82) is 0 Å². The Labute approximate surface area is 161 Å². The van der Waals surface area contributed by atoms with E-state index in [0.717, 1.165) is 16.9 Å². The summed E-state index contributed by atoms with van der Waals surface area (Å²) >= 11 is 11.9. The van der Waals surface area contributed by atoms with Crippen LogP contribution < -0.4 is 5.32 Å². The number of aryl methyl sites for hydroxylation is 1. The van der Waals surface area contributed by atoms with Crippen molar-refractivity contribution in [3.8, 4) is 0 Å². The maximum absolute atomic E-state index is 13.8. The Morgan fingerprint density at radius 2 is 1.73 bits per heavy atom. The average molecular weight is 388 g/mol. The van der Waals surface area contributed by atoms with Crippen molar-refractivity contribution in [1.82, 2.24) is 0 Å². The van der Waals surface area contributed by atoms with E-state index < -0.39 is 0 Å². The van der Waals surface area contributed by atoms with Crippen LogP contribution in [0.5, 0.6) is 0 Å². The zero-order valence-electron chi connectivity index (χ0n) is 14.2. The Balaban J connectivity index is 1.90. The molecule has 0 aliphatic heterocycles.